The first-order valence-corrected chi connectivity index (χ1v) is 11.0. The molecule has 0 aliphatic rings. The standard InChI is InChI=1S/C19H19ClF3N3O5S/c1-30-16-7-4-12(8-17(16)31-2)10-24-25-18(27)11-26(32(3,28)29)15-9-13(19(21,22)23)5-6-14(15)20/h4-10H,11H2,1-3H3,(H,25,27)/b24-10-. The quantitative estimate of drug-likeness (QED) is 0.449. The Bertz CT molecular complexity index is 1120. The Hall–Kier alpha value is -2.99. The zero-order valence-electron chi connectivity index (χ0n) is 17.1. The molecule has 0 unspecified atom stereocenters. The Labute approximate surface area is 187 Å². The summed E-state index contributed by atoms with van der Waals surface area (Å²) in [6.07, 6.45) is -2.72. The number of carbonyl (C=O) groups excluding carboxylic acids is 1. The van der Waals surface area contributed by atoms with Crippen LogP contribution in [0.1, 0.15) is 11.1 Å². The molecule has 0 heterocycles. The minimum Gasteiger partial charge on any atom is -0.493 e. The van der Waals surface area contributed by atoms with Gasteiger partial charge in [-0.2, -0.15) is 18.3 Å². The molecule has 0 aliphatic heterocycles. The largest absolute Gasteiger partial charge is 0.493 e. The second-order valence-corrected chi connectivity index (χ2v) is 8.66. The fourth-order valence-corrected chi connectivity index (χ4v) is 3.67. The molecule has 174 valence electrons. The van der Waals surface area contributed by atoms with Crippen molar-refractivity contribution in [1.82, 2.24) is 5.43 Å². The smallest absolute Gasteiger partial charge is 0.416 e. The Morgan fingerprint density at radius 3 is 2.38 bits per heavy atom. The first-order valence-electron chi connectivity index (χ1n) is 8.75. The van der Waals surface area contributed by atoms with Crippen LogP contribution in [0.4, 0.5) is 18.9 Å². The molecule has 0 fully saturated rings. The number of benzene rings is 2. The van der Waals surface area contributed by atoms with E-state index in [4.69, 9.17) is 21.1 Å². The van der Waals surface area contributed by atoms with Crippen molar-refractivity contribution in [2.75, 3.05) is 31.3 Å². The van der Waals surface area contributed by atoms with Gasteiger partial charge < -0.3 is 9.47 Å². The van der Waals surface area contributed by atoms with Gasteiger partial charge in [0, 0.05) is 0 Å². The molecule has 0 saturated carbocycles. The first kappa shape index (κ1) is 25.3. The van der Waals surface area contributed by atoms with E-state index in [2.05, 4.69) is 10.5 Å². The van der Waals surface area contributed by atoms with Crippen LogP contribution in [-0.4, -0.2) is 47.6 Å². The SMILES string of the molecule is COc1ccc(/C=N\NC(=O)CN(c2cc(C(F)(F)F)ccc2Cl)S(C)(=O)=O)cc1OC. The number of carbonyl (C=O) groups is 1. The summed E-state index contributed by atoms with van der Waals surface area (Å²) in [5.41, 5.74) is 1.06. The molecule has 2 aromatic carbocycles. The lowest BCUT2D eigenvalue weighted by Gasteiger charge is -2.23. The van der Waals surface area contributed by atoms with Crippen molar-refractivity contribution < 1.29 is 35.9 Å². The van der Waals surface area contributed by atoms with Crippen molar-refractivity contribution in [2.45, 2.75) is 6.18 Å². The van der Waals surface area contributed by atoms with Crippen LogP contribution in [0.5, 0.6) is 11.5 Å². The number of rotatable bonds is 8. The van der Waals surface area contributed by atoms with E-state index >= 15 is 0 Å². The van der Waals surface area contributed by atoms with Crippen LogP contribution in [-0.2, 0) is 21.0 Å². The predicted octanol–water partition coefficient (Wildman–Crippen LogP) is 3.29. The molecular formula is C19H19ClF3N3O5S. The molecule has 2 aromatic rings. The summed E-state index contributed by atoms with van der Waals surface area (Å²) in [7, 11) is -1.24. The molecule has 1 N–H and O–H groups in total. The van der Waals surface area contributed by atoms with Gasteiger partial charge in [-0.15, -0.1) is 0 Å². The highest BCUT2D eigenvalue weighted by molar-refractivity contribution is 7.92. The van der Waals surface area contributed by atoms with E-state index < -0.39 is 39.9 Å². The highest BCUT2D eigenvalue weighted by Gasteiger charge is 2.33. The van der Waals surface area contributed by atoms with Crippen LogP contribution >= 0.6 is 11.6 Å². The minimum atomic E-state index is -4.73. The summed E-state index contributed by atoms with van der Waals surface area (Å²) in [5.74, 6) is 0.00120. The maximum atomic E-state index is 13.0. The summed E-state index contributed by atoms with van der Waals surface area (Å²) in [6, 6.07) is 7.00. The molecule has 0 atom stereocenters. The zero-order valence-corrected chi connectivity index (χ0v) is 18.7. The zero-order chi connectivity index (χ0) is 24.1. The van der Waals surface area contributed by atoms with Gasteiger partial charge in [0.1, 0.15) is 6.54 Å². The van der Waals surface area contributed by atoms with Gasteiger partial charge in [-0.05, 0) is 42.0 Å². The summed E-state index contributed by atoms with van der Waals surface area (Å²) in [5, 5.41) is 3.45. The fraction of sp³-hybridized carbons (Fsp3) is 0.263. The summed E-state index contributed by atoms with van der Waals surface area (Å²) >= 11 is 5.91. The molecule has 0 saturated heterocycles. The molecule has 8 nitrogen and oxygen atoms in total. The fourth-order valence-electron chi connectivity index (χ4n) is 2.54. The number of ether oxygens (including phenoxy) is 2. The van der Waals surface area contributed by atoms with Gasteiger partial charge >= 0.3 is 6.18 Å². The number of anilines is 1. The molecular weight excluding hydrogens is 475 g/mol. The molecule has 32 heavy (non-hydrogen) atoms. The number of nitrogens with zero attached hydrogens (tertiary/aromatic N) is 2. The van der Waals surface area contributed by atoms with Crippen molar-refractivity contribution in [2.24, 2.45) is 5.10 Å². The molecule has 0 aromatic heterocycles. The lowest BCUT2D eigenvalue weighted by molar-refractivity contribution is -0.137. The van der Waals surface area contributed by atoms with Gasteiger partial charge in [-0.25, -0.2) is 13.8 Å². The molecule has 1 amide bonds. The predicted molar refractivity (Wildman–Crippen MR) is 114 cm³/mol. The lowest BCUT2D eigenvalue weighted by atomic mass is 10.2. The van der Waals surface area contributed by atoms with Gasteiger partial charge in [0.2, 0.25) is 10.0 Å². The third-order valence-electron chi connectivity index (χ3n) is 4.04. The van der Waals surface area contributed by atoms with Crippen LogP contribution in [0.15, 0.2) is 41.5 Å². The second kappa shape index (κ2) is 10.1. The van der Waals surface area contributed by atoms with Gasteiger partial charge in [0.05, 0.1) is 43.0 Å². The van der Waals surface area contributed by atoms with Crippen molar-refractivity contribution in [3.63, 3.8) is 0 Å². The van der Waals surface area contributed by atoms with Crippen LogP contribution in [0, 0.1) is 0 Å². The van der Waals surface area contributed by atoms with E-state index in [1.807, 2.05) is 0 Å². The summed E-state index contributed by atoms with van der Waals surface area (Å²) in [6.45, 7) is -0.844. The molecule has 0 bridgehead atoms. The monoisotopic (exact) mass is 493 g/mol. The van der Waals surface area contributed by atoms with Gasteiger partial charge in [-0.1, -0.05) is 11.6 Å². The normalized spacial score (nSPS) is 12.0. The summed E-state index contributed by atoms with van der Waals surface area (Å²) in [4.78, 5) is 12.2. The highest BCUT2D eigenvalue weighted by atomic mass is 35.5. The van der Waals surface area contributed by atoms with E-state index in [1.165, 1.54) is 20.4 Å². The Balaban J connectivity index is 2.21. The van der Waals surface area contributed by atoms with E-state index in [1.54, 1.807) is 18.2 Å². The number of nitrogens with one attached hydrogen (secondary N) is 1. The second-order valence-electron chi connectivity index (χ2n) is 6.34. The van der Waals surface area contributed by atoms with Crippen molar-refractivity contribution in [1.29, 1.82) is 0 Å². The van der Waals surface area contributed by atoms with Crippen molar-refractivity contribution in [3.8, 4) is 11.5 Å². The van der Waals surface area contributed by atoms with Crippen molar-refractivity contribution in [3.05, 3.63) is 52.5 Å². The van der Waals surface area contributed by atoms with Gasteiger partial charge in [0.15, 0.2) is 11.5 Å². The average Bonchev–Trinajstić information content (AvgIpc) is 2.70. The minimum absolute atomic E-state index is 0.273. The Morgan fingerprint density at radius 1 is 1.16 bits per heavy atom. The number of hydrogen-bond acceptors (Lipinski definition) is 6. The molecule has 0 aliphatic carbocycles. The number of methoxy groups -OCH3 is 2. The van der Waals surface area contributed by atoms with Crippen LogP contribution in [0.3, 0.4) is 0 Å². The number of amides is 1. The third-order valence-corrected chi connectivity index (χ3v) is 5.49. The van der Waals surface area contributed by atoms with E-state index in [0.29, 0.717) is 33.5 Å². The Morgan fingerprint density at radius 2 is 1.81 bits per heavy atom. The number of halogens is 4. The third kappa shape index (κ3) is 6.50. The summed E-state index contributed by atoms with van der Waals surface area (Å²) < 4.78 is 74.1. The molecule has 13 heteroatoms. The number of alkyl halides is 3. The van der Waals surface area contributed by atoms with Crippen LogP contribution in [0.2, 0.25) is 5.02 Å². The Kier molecular flexibility index (Phi) is 7.97. The number of hydrazone groups is 1. The molecule has 0 spiro atoms. The van der Waals surface area contributed by atoms with Crippen LogP contribution < -0.4 is 19.2 Å². The maximum absolute atomic E-state index is 13.0. The lowest BCUT2D eigenvalue weighted by Crippen LogP contribution is -2.39. The van der Waals surface area contributed by atoms with Crippen LogP contribution in [0.25, 0.3) is 0 Å². The topological polar surface area (TPSA) is 97.3 Å². The number of sulfonamides is 1. The average molecular weight is 494 g/mol. The maximum Gasteiger partial charge on any atom is 0.416 e. The first-order chi connectivity index (χ1) is 14.9. The van der Waals surface area contributed by atoms with Crippen molar-refractivity contribution >= 4 is 39.4 Å². The number of hydrogen-bond donors (Lipinski definition) is 1. The van der Waals surface area contributed by atoms with Gasteiger partial charge in [0.25, 0.3) is 5.91 Å². The van der Waals surface area contributed by atoms with E-state index in [0.717, 1.165) is 12.3 Å². The molecule has 2 rings (SSSR count). The van der Waals surface area contributed by atoms with E-state index in [9.17, 15) is 26.4 Å². The molecule has 0 radical (unpaired) electrons. The van der Waals surface area contributed by atoms with E-state index in [-0.39, 0.29) is 5.02 Å². The van der Waals surface area contributed by atoms with Gasteiger partial charge in [-0.3, -0.25) is 9.10 Å². The highest BCUT2D eigenvalue weighted by Crippen LogP contribution is 2.36.